The summed E-state index contributed by atoms with van der Waals surface area (Å²) in [5, 5.41) is 4.34. The lowest BCUT2D eigenvalue weighted by Gasteiger charge is -2.11. The maximum atomic E-state index is 5.60. The fraction of sp³-hybridized carbons (Fsp3) is 0.0400. The molecule has 29 heavy (non-hydrogen) atoms. The number of methoxy groups -OCH3 is 1. The van der Waals surface area contributed by atoms with Crippen molar-refractivity contribution in [3.63, 3.8) is 0 Å². The van der Waals surface area contributed by atoms with Crippen molar-refractivity contribution in [3.8, 4) is 39.1 Å². The monoisotopic (exact) mass is 394 g/mol. The van der Waals surface area contributed by atoms with Crippen molar-refractivity contribution in [1.82, 2.24) is 9.59 Å². The summed E-state index contributed by atoms with van der Waals surface area (Å²) in [5.74, 6) is 0.846. The average molecular weight is 394 g/mol. The van der Waals surface area contributed by atoms with Gasteiger partial charge in [0, 0.05) is 11.1 Å². The maximum Gasteiger partial charge on any atom is 0.126 e. The number of ether oxygens (including phenoxy) is 1. The molecule has 4 aromatic carbocycles. The predicted molar refractivity (Wildman–Crippen MR) is 120 cm³/mol. The van der Waals surface area contributed by atoms with E-state index in [2.05, 4.69) is 76.3 Å². The van der Waals surface area contributed by atoms with E-state index in [9.17, 15) is 0 Å². The first-order valence-electron chi connectivity index (χ1n) is 9.39. The Kier molecular flexibility index (Phi) is 4.54. The van der Waals surface area contributed by atoms with Gasteiger partial charge >= 0.3 is 0 Å². The SMILES string of the molecule is COc1ccccc1-c1cc(-c2ccc(-c3ccccc3)cc2)cc2nnsc12. The average Bonchev–Trinajstić information content (AvgIpc) is 3.28. The molecule has 0 amide bonds. The molecule has 0 spiro atoms. The van der Waals surface area contributed by atoms with E-state index < -0.39 is 0 Å². The van der Waals surface area contributed by atoms with E-state index >= 15 is 0 Å². The normalized spacial score (nSPS) is 10.9. The van der Waals surface area contributed by atoms with Crippen LogP contribution in [0.1, 0.15) is 0 Å². The molecule has 0 aliphatic carbocycles. The summed E-state index contributed by atoms with van der Waals surface area (Å²) in [5.41, 5.74) is 7.73. The molecule has 0 atom stereocenters. The van der Waals surface area contributed by atoms with E-state index in [-0.39, 0.29) is 0 Å². The van der Waals surface area contributed by atoms with Gasteiger partial charge in [0.1, 0.15) is 11.3 Å². The number of para-hydroxylation sites is 1. The van der Waals surface area contributed by atoms with Crippen LogP contribution in [0.5, 0.6) is 5.75 Å². The van der Waals surface area contributed by atoms with Crippen LogP contribution in [0.3, 0.4) is 0 Å². The Balaban J connectivity index is 1.63. The van der Waals surface area contributed by atoms with Gasteiger partial charge in [-0.1, -0.05) is 77.3 Å². The van der Waals surface area contributed by atoms with Crippen LogP contribution in [0.25, 0.3) is 43.6 Å². The topological polar surface area (TPSA) is 35.0 Å². The molecule has 0 aliphatic rings. The number of benzene rings is 4. The van der Waals surface area contributed by atoms with E-state index in [0.29, 0.717) is 0 Å². The molecule has 3 nitrogen and oxygen atoms in total. The predicted octanol–water partition coefficient (Wildman–Crippen LogP) is 6.70. The highest BCUT2D eigenvalue weighted by atomic mass is 32.1. The van der Waals surface area contributed by atoms with Crippen molar-refractivity contribution in [2.45, 2.75) is 0 Å². The molecule has 0 fully saturated rings. The van der Waals surface area contributed by atoms with Crippen LogP contribution in [0.15, 0.2) is 91.0 Å². The van der Waals surface area contributed by atoms with Crippen molar-refractivity contribution in [3.05, 3.63) is 91.0 Å². The third-order valence-corrected chi connectivity index (χ3v) is 5.85. The number of fused-ring (bicyclic) bond motifs is 1. The molecule has 0 saturated carbocycles. The summed E-state index contributed by atoms with van der Waals surface area (Å²) in [6, 6.07) is 31.4. The molecule has 140 valence electrons. The van der Waals surface area contributed by atoms with Crippen LogP contribution in [0.4, 0.5) is 0 Å². The number of hydrogen-bond acceptors (Lipinski definition) is 4. The minimum absolute atomic E-state index is 0.846. The van der Waals surface area contributed by atoms with E-state index in [1.165, 1.54) is 22.7 Å². The van der Waals surface area contributed by atoms with Crippen LogP contribution in [0.2, 0.25) is 0 Å². The zero-order chi connectivity index (χ0) is 19.6. The lowest BCUT2D eigenvalue weighted by molar-refractivity contribution is 0.416. The quantitative estimate of drug-likeness (QED) is 0.340. The molecule has 0 aliphatic heterocycles. The Labute approximate surface area is 173 Å². The first-order chi connectivity index (χ1) is 14.3. The van der Waals surface area contributed by atoms with Gasteiger partial charge < -0.3 is 4.74 Å². The highest BCUT2D eigenvalue weighted by Gasteiger charge is 2.14. The van der Waals surface area contributed by atoms with Gasteiger partial charge in [-0.05, 0) is 52.0 Å². The summed E-state index contributed by atoms with van der Waals surface area (Å²) in [6.07, 6.45) is 0. The van der Waals surface area contributed by atoms with Crippen LogP contribution >= 0.6 is 11.5 Å². The second kappa shape index (κ2) is 7.49. The molecule has 0 N–H and O–H groups in total. The summed E-state index contributed by atoms with van der Waals surface area (Å²) >= 11 is 1.41. The van der Waals surface area contributed by atoms with Gasteiger partial charge in [0.15, 0.2) is 0 Å². The Morgan fingerprint density at radius 1 is 0.655 bits per heavy atom. The largest absolute Gasteiger partial charge is 0.496 e. The van der Waals surface area contributed by atoms with Crippen LogP contribution in [0, 0.1) is 0 Å². The lowest BCUT2D eigenvalue weighted by Crippen LogP contribution is -1.89. The van der Waals surface area contributed by atoms with E-state index in [1.54, 1.807) is 7.11 Å². The second-order valence-corrected chi connectivity index (χ2v) is 7.54. The summed E-state index contributed by atoms with van der Waals surface area (Å²) in [6.45, 7) is 0. The van der Waals surface area contributed by atoms with Gasteiger partial charge in [0.25, 0.3) is 0 Å². The Bertz CT molecular complexity index is 1280. The molecular weight excluding hydrogens is 376 g/mol. The molecule has 0 bridgehead atoms. The van der Waals surface area contributed by atoms with E-state index in [4.69, 9.17) is 4.74 Å². The van der Waals surface area contributed by atoms with Gasteiger partial charge in [-0.25, -0.2) is 0 Å². The van der Waals surface area contributed by atoms with E-state index in [1.807, 2.05) is 24.3 Å². The molecule has 0 radical (unpaired) electrons. The molecule has 1 aromatic heterocycles. The zero-order valence-electron chi connectivity index (χ0n) is 15.9. The van der Waals surface area contributed by atoms with Gasteiger partial charge in [0.05, 0.1) is 11.8 Å². The zero-order valence-corrected chi connectivity index (χ0v) is 16.7. The van der Waals surface area contributed by atoms with Gasteiger partial charge in [-0.3, -0.25) is 0 Å². The second-order valence-electron chi connectivity index (χ2n) is 6.79. The number of rotatable bonds is 4. The van der Waals surface area contributed by atoms with E-state index in [0.717, 1.165) is 38.2 Å². The van der Waals surface area contributed by atoms with Crippen LogP contribution < -0.4 is 4.74 Å². The van der Waals surface area contributed by atoms with Gasteiger partial charge in [-0.15, -0.1) is 5.10 Å². The Hall–Kier alpha value is -3.50. The number of nitrogens with zero attached hydrogens (tertiary/aromatic N) is 2. The number of hydrogen-bond donors (Lipinski definition) is 0. The van der Waals surface area contributed by atoms with Crippen molar-refractivity contribution in [2.75, 3.05) is 7.11 Å². The molecule has 5 rings (SSSR count). The summed E-state index contributed by atoms with van der Waals surface area (Å²) in [7, 11) is 1.70. The molecule has 4 heteroatoms. The van der Waals surface area contributed by atoms with Crippen LogP contribution in [-0.2, 0) is 0 Å². The van der Waals surface area contributed by atoms with Crippen LogP contribution in [-0.4, -0.2) is 16.7 Å². The van der Waals surface area contributed by atoms with Crippen molar-refractivity contribution in [2.24, 2.45) is 0 Å². The van der Waals surface area contributed by atoms with Gasteiger partial charge in [0.2, 0.25) is 0 Å². The summed E-state index contributed by atoms with van der Waals surface area (Å²) in [4.78, 5) is 0. The fourth-order valence-electron chi connectivity index (χ4n) is 3.61. The molecular formula is C25H18N2OS. The fourth-order valence-corrected chi connectivity index (χ4v) is 4.28. The van der Waals surface area contributed by atoms with Gasteiger partial charge in [-0.2, -0.15) is 0 Å². The maximum absolute atomic E-state index is 5.60. The lowest BCUT2D eigenvalue weighted by atomic mass is 9.96. The molecule has 5 aromatic rings. The third-order valence-electron chi connectivity index (χ3n) is 5.07. The highest BCUT2D eigenvalue weighted by Crippen LogP contribution is 2.39. The smallest absolute Gasteiger partial charge is 0.126 e. The molecule has 1 heterocycles. The first kappa shape index (κ1) is 17.6. The minimum atomic E-state index is 0.846. The first-order valence-corrected chi connectivity index (χ1v) is 10.2. The molecule has 0 saturated heterocycles. The Morgan fingerprint density at radius 3 is 2.07 bits per heavy atom. The highest BCUT2D eigenvalue weighted by molar-refractivity contribution is 7.13. The van der Waals surface area contributed by atoms with Crippen molar-refractivity contribution >= 4 is 21.7 Å². The Morgan fingerprint density at radius 2 is 1.31 bits per heavy atom. The van der Waals surface area contributed by atoms with Crippen molar-refractivity contribution in [1.29, 1.82) is 0 Å². The standard InChI is InChI=1S/C25H18N2OS/c1-28-24-10-6-5-9-21(24)22-15-20(16-23-25(22)29-27-26-23)19-13-11-18(12-14-19)17-7-3-2-4-8-17/h2-16H,1H3. The summed E-state index contributed by atoms with van der Waals surface area (Å²) < 4.78 is 10.9. The minimum Gasteiger partial charge on any atom is -0.496 e. The van der Waals surface area contributed by atoms with Crippen molar-refractivity contribution < 1.29 is 4.74 Å². The molecule has 0 unspecified atom stereocenters. The number of aromatic nitrogens is 2. The third kappa shape index (κ3) is 3.28.